The van der Waals surface area contributed by atoms with E-state index in [9.17, 15) is 0 Å². The quantitative estimate of drug-likeness (QED) is 0.173. The van der Waals surface area contributed by atoms with Crippen LogP contribution in [-0.4, -0.2) is 0 Å². The van der Waals surface area contributed by atoms with Crippen molar-refractivity contribution in [3.63, 3.8) is 0 Å². The van der Waals surface area contributed by atoms with E-state index in [2.05, 4.69) is 180 Å². The molecule has 0 atom stereocenters. The van der Waals surface area contributed by atoms with E-state index in [4.69, 9.17) is 0 Å². The van der Waals surface area contributed by atoms with Gasteiger partial charge in [-0.25, -0.2) is 0 Å². The van der Waals surface area contributed by atoms with Gasteiger partial charge in [0.25, 0.3) is 0 Å². The lowest BCUT2D eigenvalue weighted by atomic mass is 9.82. The summed E-state index contributed by atoms with van der Waals surface area (Å²) in [7, 11) is 0. The van der Waals surface area contributed by atoms with Gasteiger partial charge in [-0.15, -0.1) is 0 Å². The van der Waals surface area contributed by atoms with Gasteiger partial charge in [0.2, 0.25) is 0 Å². The molecule has 9 rings (SSSR count). The lowest BCUT2D eigenvalue weighted by molar-refractivity contribution is 0.660. The molecular weight excluding hydrogens is 610 g/mol. The monoisotopic (exact) mass is 639 g/mol. The van der Waals surface area contributed by atoms with Gasteiger partial charge in [-0.05, 0) is 108 Å². The molecule has 0 heterocycles. The highest BCUT2D eigenvalue weighted by Crippen LogP contribution is 2.50. The summed E-state index contributed by atoms with van der Waals surface area (Å²) in [4.78, 5) is 2.38. The summed E-state index contributed by atoms with van der Waals surface area (Å²) in [6, 6.07) is 53.6. The molecule has 0 spiro atoms. The van der Waals surface area contributed by atoms with E-state index in [0.29, 0.717) is 0 Å². The fourth-order valence-corrected chi connectivity index (χ4v) is 8.13. The molecule has 1 nitrogen and oxygen atoms in total. The van der Waals surface area contributed by atoms with Gasteiger partial charge in [0.1, 0.15) is 0 Å². The number of benzene rings is 8. The molecule has 1 aliphatic rings. The number of fused-ring (bicyclic) bond motifs is 3. The zero-order valence-corrected chi connectivity index (χ0v) is 26.8. The van der Waals surface area contributed by atoms with Gasteiger partial charge in [0.05, 0.1) is 0 Å². The van der Waals surface area contributed by atoms with Crippen LogP contribution in [0.2, 0.25) is 0 Å². The number of rotatable bonds is 4. The van der Waals surface area contributed by atoms with Crippen molar-refractivity contribution >= 4 is 65.3 Å². The van der Waals surface area contributed by atoms with Crippen LogP contribution in [0.15, 0.2) is 150 Å². The van der Waals surface area contributed by atoms with Crippen LogP contribution in [0, 0.1) is 0 Å². The van der Waals surface area contributed by atoms with Crippen molar-refractivity contribution in [2.45, 2.75) is 19.3 Å². The highest BCUT2D eigenvalue weighted by Gasteiger charge is 2.35. The van der Waals surface area contributed by atoms with E-state index in [-0.39, 0.29) is 5.41 Å². The number of nitrogens with zero attached hydrogens (tertiary/aromatic N) is 1. The minimum Gasteiger partial charge on any atom is -0.310 e. The van der Waals surface area contributed by atoms with Crippen LogP contribution >= 0.6 is 15.9 Å². The second kappa shape index (κ2) is 9.79. The van der Waals surface area contributed by atoms with E-state index in [0.717, 1.165) is 15.8 Å². The van der Waals surface area contributed by atoms with E-state index in [1.165, 1.54) is 71.4 Å². The zero-order chi connectivity index (χ0) is 30.3. The Hall–Kier alpha value is -4.92. The lowest BCUT2D eigenvalue weighted by Crippen LogP contribution is -2.16. The molecule has 0 unspecified atom stereocenters. The highest BCUT2D eigenvalue weighted by atomic mass is 79.9. The summed E-state index contributed by atoms with van der Waals surface area (Å²) >= 11 is 3.79. The Morgan fingerprint density at radius 1 is 0.467 bits per heavy atom. The molecule has 0 amide bonds. The van der Waals surface area contributed by atoms with E-state index < -0.39 is 0 Å². The van der Waals surface area contributed by atoms with Crippen molar-refractivity contribution in [1.82, 2.24) is 0 Å². The average molecular weight is 641 g/mol. The molecule has 0 fully saturated rings. The van der Waals surface area contributed by atoms with E-state index in [1.807, 2.05) is 0 Å². The van der Waals surface area contributed by atoms with Gasteiger partial charge in [0, 0.05) is 26.9 Å². The fourth-order valence-electron chi connectivity index (χ4n) is 7.66. The SMILES string of the molecule is CC1(C)c2ccccc2-c2ccc(N(c3ccccc3)c3ccc(-c4ccc5ccc6c(Br)ccc7ccc4c5c76)cc3)cc21. The molecule has 214 valence electrons. The van der Waals surface area contributed by atoms with Crippen LogP contribution in [0.4, 0.5) is 17.1 Å². The largest absolute Gasteiger partial charge is 0.310 e. The third-order valence-electron chi connectivity index (χ3n) is 9.89. The highest BCUT2D eigenvalue weighted by molar-refractivity contribution is 9.10. The number of hydrogen-bond acceptors (Lipinski definition) is 1. The maximum Gasteiger partial charge on any atom is 0.0465 e. The third-order valence-corrected chi connectivity index (χ3v) is 10.6. The molecule has 8 aromatic rings. The number of para-hydroxylation sites is 1. The van der Waals surface area contributed by atoms with Gasteiger partial charge >= 0.3 is 0 Å². The third kappa shape index (κ3) is 3.92. The summed E-state index contributed by atoms with van der Waals surface area (Å²) in [6.07, 6.45) is 0. The van der Waals surface area contributed by atoms with Gasteiger partial charge in [-0.3, -0.25) is 0 Å². The molecule has 0 aliphatic heterocycles. The molecule has 0 N–H and O–H groups in total. The summed E-state index contributed by atoms with van der Waals surface area (Å²) in [6.45, 7) is 4.69. The average Bonchev–Trinajstić information content (AvgIpc) is 3.31. The van der Waals surface area contributed by atoms with Crippen LogP contribution in [0.3, 0.4) is 0 Å². The number of halogens is 1. The Bertz CT molecular complexity index is 2400. The van der Waals surface area contributed by atoms with Crippen LogP contribution in [0.5, 0.6) is 0 Å². The molecule has 0 saturated carbocycles. The maximum absolute atomic E-state index is 3.79. The fraction of sp³-hybridized carbons (Fsp3) is 0.0698. The van der Waals surface area contributed by atoms with E-state index in [1.54, 1.807) is 0 Å². The predicted octanol–water partition coefficient (Wildman–Crippen LogP) is 12.8. The van der Waals surface area contributed by atoms with Crippen molar-refractivity contribution < 1.29 is 0 Å². The Morgan fingerprint density at radius 2 is 1.04 bits per heavy atom. The minimum absolute atomic E-state index is 0.0568. The molecule has 45 heavy (non-hydrogen) atoms. The maximum atomic E-state index is 3.79. The van der Waals surface area contributed by atoms with Crippen LogP contribution in [-0.2, 0) is 5.41 Å². The Kier molecular flexibility index (Phi) is 5.76. The van der Waals surface area contributed by atoms with Crippen molar-refractivity contribution in [3.8, 4) is 22.3 Å². The lowest BCUT2D eigenvalue weighted by Gasteiger charge is -2.28. The summed E-state index contributed by atoms with van der Waals surface area (Å²) in [5.74, 6) is 0. The molecular formula is C43H30BrN. The van der Waals surface area contributed by atoms with Crippen molar-refractivity contribution in [3.05, 3.63) is 161 Å². The summed E-state index contributed by atoms with van der Waals surface area (Å²) in [5.41, 5.74) is 11.3. The van der Waals surface area contributed by atoms with Crippen LogP contribution < -0.4 is 4.90 Å². The molecule has 8 aromatic carbocycles. The van der Waals surface area contributed by atoms with Gasteiger partial charge in [-0.1, -0.05) is 133 Å². The predicted molar refractivity (Wildman–Crippen MR) is 196 cm³/mol. The van der Waals surface area contributed by atoms with Gasteiger partial charge in [0.15, 0.2) is 0 Å². The van der Waals surface area contributed by atoms with Gasteiger partial charge in [-0.2, -0.15) is 0 Å². The van der Waals surface area contributed by atoms with Gasteiger partial charge < -0.3 is 4.90 Å². The van der Waals surface area contributed by atoms with Crippen molar-refractivity contribution in [2.24, 2.45) is 0 Å². The zero-order valence-electron chi connectivity index (χ0n) is 25.2. The molecule has 2 heteroatoms. The number of hydrogen-bond donors (Lipinski definition) is 0. The second-order valence-electron chi connectivity index (χ2n) is 12.7. The molecule has 0 saturated heterocycles. The first-order valence-corrected chi connectivity index (χ1v) is 16.3. The van der Waals surface area contributed by atoms with E-state index >= 15 is 0 Å². The first-order valence-electron chi connectivity index (χ1n) is 15.5. The molecule has 0 radical (unpaired) electrons. The summed E-state index contributed by atoms with van der Waals surface area (Å²) < 4.78 is 1.14. The first-order chi connectivity index (χ1) is 22.0. The van der Waals surface area contributed by atoms with Crippen molar-refractivity contribution in [1.29, 1.82) is 0 Å². The Balaban J connectivity index is 1.17. The smallest absolute Gasteiger partial charge is 0.0465 e. The molecule has 0 aromatic heterocycles. The molecule has 0 bridgehead atoms. The normalized spacial score (nSPS) is 13.4. The molecule has 1 aliphatic carbocycles. The Labute approximate surface area is 271 Å². The van der Waals surface area contributed by atoms with Crippen LogP contribution in [0.1, 0.15) is 25.0 Å². The first kappa shape index (κ1) is 26.5. The number of anilines is 3. The minimum atomic E-state index is -0.0568. The van der Waals surface area contributed by atoms with Crippen LogP contribution in [0.25, 0.3) is 54.6 Å². The summed E-state index contributed by atoms with van der Waals surface area (Å²) in [5, 5.41) is 7.76. The van der Waals surface area contributed by atoms with Crippen molar-refractivity contribution in [2.75, 3.05) is 4.90 Å². The topological polar surface area (TPSA) is 3.24 Å². The standard InChI is InChI=1S/C43H30BrN/c1-43(2)38-11-7-6-10-34(38)35-24-20-32(26-39(35)43)45(30-8-4-3-5-9-30)31-18-12-27(13-19-31)33-21-14-28-16-23-37-40(44)25-17-29-15-22-36(33)41(28)42(29)37/h3-26H,1-2H3. The second-order valence-corrected chi connectivity index (χ2v) is 13.6. The Morgan fingerprint density at radius 3 is 1.84 bits per heavy atom.